The summed E-state index contributed by atoms with van der Waals surface area (Å²) in [6, 6.07) is 0.696. The summed E-state index contributed by atoms with van der Waals surface area (Å²) in [5.74, 6) is 0.148. The van der Waals surface area contributed by atoms with Gasteiger partial charge in [0.05, 0.1) is 13.0 Å². The van der Waals surface area contributed by atoms with E-state index in [4.69, 9.17) is 4.74 Å². The van der Waals surface area contributed by atoms with Gasteiger partial charge in [0.2, 0.25) is 0 Å². The molecule has 0 saturated heterocycles. The van der Waals surface area contributed by atoms with Crippen LogP contribution in [-0.4, -0.2) is 25.7 Å². The van der Waals surface area contributed by atoms with Crippen molar-refractivity contribution in [2.24, 2.45) is 5.92 Å². The highest BCUT2D eigenvalue weighted by Gasteiger charge is 2.20. The van der Waals surface area contributed by atoms with Crippen LogP contribution in [0.1, 0.15) is 84.0 Å². The number of unbranched alkanes of at least 4 members (excludes halogenated alkanes) is 3. The number of methoxy groups -OCH3 is 1. The van der Waals surface area contributed by atoms with Crippen LogP contribution in [0.15, 0.2) is 0 Å². The van der Waals surface area contributed by atoms with Crippen LogP contribution in [0, 0.1) is 5.92 Å². The summed E-state index contributed by atoms with van der Waals surface area (Å²) < 4.78 is 4.91. The molecule has 0 radical (unpaired) electrons. The zero-order valence-corrected chi connectivity index (χ0v) is 14.2. The van der Waals surface area contributed by atoms with Gasteiger partial charge in [-0.3, -0.25) is 4.79 Å². The molecular formula is C18H35NO2. The van der Waals surface area contributed by atoms with Gasteiger partial charge < -0.3 is 10.1 Å². The van der Waals surface area contributed by atoms with Crippen molar-refractivity contribution in [3.8, 4) is 0 Å². The Hall–Kier alpha value is -0.570. The number of esters is 1. The van der Waals surface area contributed by atoms with E-state index in [-0.39, 0.29) is 11.9 Å². The molecule has 0 aromatic rings. The van der Waals surface area contributed by atoms with Gasteiger partial charge in [0, 0.05) is 6.04 Å². The Bertz CT molecular complexity index is 256. The molecule has 21 heavy (non-hydrogen) atoms. The van der Waals surface area contributed by atoms with Gasteiger partial charge in [-0.1, -0.05) is 51.9 Å². The maximum Gasteiger partial charge on any atom is 0.308 e. The summed E-state index contributed by atoms with van der Waals surface area (Å²) in [5.41, 5.74) is 0. The fraction of sp³-hybridized carbons (Fsp3) is 0.944. The number of hydrogen-bond acceptors (Lipinski definition) is 3. The second-order valence-electron chi connectivity index (χ2n) is 6.50. The third-order valence-corrected chi connectivity index (χ3v) is 4.71. The van der Waals surface area contributed by atoms with E-state index >= 15 is 0 Å². The van der Waals surface area contributed by atoms with E-state index in [1.807, 2.05) is 0 Å². The van der Waals surface area contributed by atoms with Crippen LogP contribution in [0.4, 0.5) is 0 Å². The molecule has 0 spiro atoms. The molecule has 1 fully saturated rings. The molecule has 3 nitrogen and oxygen atoms in total. The standard InChI is InChI=1S/C18H35NO2/c1-3-4-5-10-15-19-17-13-8-6-11-16(18(20)21-2)12-7-9-14-17/h16-17,19H,3-15H2,1-2H3. The van der Waals surface area contributed by atoms with E-state index in [1.165, 1.54) is 65.0 Å². The molecule has 0 aromatic carbocycles. The molecule has 0 bridgehead atoms. The Morgan fingerprint density at radius 2 is 1.62 bits per heavy atom. The normalized spacial score (nSPS) is 24.5. The van der Waals surface area contributed by atoms with Crippen LogP contribution in [0.3, 0.4) is 0 Å². The summed E-state index contributed by atoms with van der Waals surface area (Å²) in [4.78, 5) is 11.7. The number of carbonyl (C=O) groups excluding carboxylic acids is 1. The zero-order chi connectivity index (χ0) is 15.3. The lowest BCUT2D eigenvalue weighted by Crippen LogP contribution is -2.30. The predicted molar refractivity (Wildman–Crippen MR) is 88.4 cm³/mol. The van der Waals surface area contributed by atoms with Crippen molar-refractivity contribution in [2.45, 2.75) is 90.0 Å². The number of nitrogens with one attached hydrogen (secondary N) is 1. The average molecular weight is 297 g/mol. The van der Waals surface area contributed by atoms with Crippen molar-refractivity contribution in [1.29, 1.82) is 0 Å². The minimum Gasteiger partial charge on any atom is -0.469 e. The molecule has 1 saturated carbocycles. The molecular weight excluding hydrogens is 262 g/mol. The van der Waals surface area contributed by atoms with Crippen LogP contribution < -0.4 is 5.32 Å². The van der Waals surface area contributed by atoms with Crippen molar-refractivity contribution in [3.05, 3.63) is 0 Å². The van der Waals surface area contributed by atoms with E-state index < -0.39 is 0 Å². The fourth-order valence-corrected chi connectivity index (χ4v) is 3.32. The number of rotatable bonds is 7. The molecule has 1 aliphatic rings. The van der Waals surface area contributed by atoms with E-state index in [0.717, 1.165) is 25.7 Å². The summed E-state index contributed by atoms with van der Waals surface area (Å²) in [5, 5.41) is 3.75. The molecule has 0 unspecified atom stereocenters. The molecule has 0 amide bonds. The molecule has 1 rings (SSSR count). The first-order chi connectivity index (χ1) is 10.3. The van der Waals surface area contributed by atoms with Gasteiger partial charge in [-0.25, -0.2) is 0 Å². The van der Waals surface area contributed by atoms with Crippen molar-refractivity contribution in [1.82, 2.24) is 5.32 Å². The Kier molecular flexibility index (Phi) is 10.6. The Labute approximate surface area is 131 Å². The van der Waals surface area contributed by atoms with Crippen molar-refractivity contribution < 1.29 is 9.53 Å². The first-order valence-electron chi connectivity index (χ1n) is 9.09. The Morgan fingerprint density at radius 3 is 2.19 bits per heavy atom. The topological polar surface area (TPSA) is 38.3 Å². The van der Waals surface area contributed by atoms with Gasteiger partial charge in [0.1, 0.15) is 0 Å². The Balaban J connectivity index is 2.21. The first-order valence-corrected chi connectivity index (χ1v) is 9.09. The molecule has 0 atom stereocenters. The maximum atomic E-state index is 11.7. The van der Waals surface area contributed by atoms with Gasteiger partial charge in [-0.05, 0) is 38.6 Å². The molecule has 0 heterocycles. The summed E-state index contributed by atoms with van der Waals surface area (Å²) >= 11 is 0. The molecule has 0 aliphatic heterocycles. The highest BCUT2D eigenvalue weighted by atomic mass is 16.5. The smallest absolute Gasteiger partial charge is 0.308 e. The summed E-state index contributed by atoms with van der Waals surface area (Å²) in [6.45, 7) is 3.44. The van der Waals surface area contributed by atoms with Crippen LogP contribution in [0.5, 0.6) is 0 Å². The second kappa shape index (κ2) is 12.0. The van der Waals surface area contributed by atoms with Gasteiger partial charge in [0.15, 0.2) is 0 Å². The van der Waals surface area contributed by atoms with Crippen molar-refractivity contribution >= 4 is 5.97 Å². The quantitative estimate of drug-likeness (QED) is 0.557. The lowest BCUT2D eigenvalue weighted by atomic mass is 9.91. The number of ether oxygens (including phenoxy) is 1. The van der Waals surface area contributed by atoms with Crippen LogP contribution in [-0.2, 0) is 9.53 Å². The third kappa shape index (κ3) is 8.45. The number of carbonyl (C=O) groups is 1. The predicted octanol–water partition coefficient (Wildman–Crippen LogP) is 4.45. The van der Waals surface area contributed by atoms with E-state index in [1.54, 1.807) is 0 Å². The van der Waals surface area contributed by atoms with Crippen molar-refractivity contribution in [3.63, 3.8) is 0 Å². The minimum absolute atomic E-state index is 0.00109. The van der Waals surface area contributed by atoms with Gasteiger partial charge in [-0.2, -0.15) is 0 Å². The van der Waals surface area contributed by atoms with E-state index in [9.17, 15) is 4.79 Å². The SMILES string of the molecule is CCCCCCNC1CCCCC(C(=O)OC)CCCC1. The first kappa shape index (κ1) is 18.5. The second-order valence-corrected chi connectivity index (χ2v) is 6.50. The monoisotopic (exact) mass is 297 g/mol. The molecule has 3 heteroatoms. The lowest BCUT2D eigenvalue weighted by molar-refractivity contribution is -0.146. The molecule has 0 aromatic heterocycles. The highest BCUT2D eigenvalue weighted by Crippen LogP contribution is 2.22. The Morgan fingerprint density at radius 1 is 1.00 bits per heavy atom. The van der Waals surface area contributed by atoms with Crippen LogP contribution >= 0.6 is 0 Å². The lowest BCUT2D eigenvalue weighted by Gasteiger charge is -2.22. The fourth-order valence-electron chi connectivity index (χ4n) is 3.32. The summed E-state index contributed by atoms with van der Waals surface area (Å²) in [7, 11) is 1.51. The largest absolute Gasteiger partial charge is 0.469 e. The zero-order valence-electron chi connectivity index (χ0n) is 14.2. The number of hydrogen-bond donors (Lipinski definition) is 1. The average Bonchev–Trinajstić information content (AvgIpc) is 2.52. The molecule has 1 N–H and O–H groups in total. The van der Waals surface area contributed by atoms with Gasteiger partial charge in [-0.15, -0.1) is 0 Å². The van der Waals surface area contributed by atoms with E-state index in [0.29, 0.717) is 6.04 Å². The van der Waals surface area contributed by atoms with Crippen LogP contribution in [0.25, 0.3) is 0 Å². The van der Waals surface area contributed by atoms with Gasteiger partial charge >= 0.3 is 5.97 Å². The molecule has 124 valence electrons. The van der Waals surface area contributed by atoms with Gasteiger partial charge in [0.25, 0.3) is 0 Å². The van der Waals surface area contributed by atoms with E-state index in [2.05, 4.69) is 12.2 Å². The molecule has 1 aliphatic carbocycles. The van der Waals surface area contributed by atoms with Crippen LogP contribution in [0.2, 0.25) is 0 Å². The third-order valence-electron chi connectivity index (χ3n) is 4.71. The minimum atomic E-state index is 0.00109. The maximum absolute atomic E-state index is 11.7. The summed E-state index contributed by atoms with van der Waals surface area (Å²) in [6.07, 6.45) is 14.7. The highest BCUT2D eigenvalue weighted by molar-refractivity contribution is 5.72. The van der Waals surface area contributed by atoms with Crippen molar-refractivity contribution in [2.75, 3.05) is 13.7 Å².